The lowest BCUT2D eigenvalue weighted by Gasteiger charge is -2.19. The van der Waals surface area contributed by atoms with E-state index in [0.29, 0.717) is 0 Å². The van der Waals surface area contributed by atoms with Gasteiger partial charge in [-0.05, 0) is 50.1 Å². The first-order valence-corrected chi connectivity index (χ1v) is 7.52. The molecule has 0 fully saturated rings. The van der Waals surface area contributed by atoms with Crippen LogP contribution in [-0.4, -0.2) is 0 Å². The molecule has 1 unspecified atom stereocenters. The van der Waals surface area contributed by atoms with Crippen LogP contribution in [0.15, 0.2) is 36.4 Å². The van der Waals surface area contributed by atoms with Gasteiger partial charge in [0.15, 0.2) is 0 Å². The molecular formula is C16H20FNS. The zero-order valence-corrected chi connectivity index (χ0v) is 12.4. The van der Waals surface area contributed by atoms with Gasteiger partial charge in [-0.15, -0.1) is 11.3 Å². The summed E-state index contributed by atoms with van der Waals surface area (Å²) in [5, 5.41) is 3.52. The van der Waals surface area contributed by atoms with E-state index in [4.69, 9.17) is 0 Å². The lowest BCUT2D eigenvalue weighted by Crippen LogP contribution is -2.21. The molecule has 1 heterocycles. The minimum atomic E-state index is -0.178. The summed E-state index contributed by atoms with van der Waals surface area (Å²) in [6.45, 7) is 6.39. The Kier molecular flexibility index (Phi) is 4.72. The van der Waals surface area contributed by atoms with Gasteiger partial charge in [-0.3, -0.25) is 0 Å². The summed E-state index contributed by atoms with van der Waals surface area (Å²) in [6, 6.07) is 11.6. The highest BCUT2D eigenvalue weighted by molar-refractivity contribution is 7.12. The van der Waals surface area contributed by atoms with Crippen molar-refractivity contribution in [3.63, 3.8) is 0 Å². The van der Waals surface area contributed by atoms with E-state index >= 15 is 0 Å². The summed E-state index contributed by atoms with van der Waals surface area (Å²) in [7, 11) is 0. The summed E-state index contributed by atoms with van der Waals surface area (Å²) in [5.74, 6) is -0.178. The minimum absolute atomic E-state index is 0.137. The van der Waals surface area contributed by atoms with Crippen LogP contribution >= 0.6 is 11.3 Å². The highest BCUT2D eigenvalue weighted by Crippen LogP contribution is 2.26. The van der Waals surface area contributed by atoms with E-state index in [-0.39, 0.29) is 17.9 Å². The number of hydrogen-bond acceptors (Lipinski definition) is 2. The smallest absolute Gasteiger partial charge is 0.123 e. The molecule has 0 aliphatic carbocycles. The van der Waals surface area contributed by atoms with Crippen LogP contribution in [0.4, 0.5) is 4.39 Å². The molecular weight excluding hydrogens is 257 g/mol. The van der Waals surface area contributed by atoms with Gasteiger partial charge in [0, 0.05) is 21.8 Å². The molecule has 2 atom stereocenters. The Bertz CT molecular complexity index is 535. The molecule has 2 rings (SSSR count). The third kappa shape index (κ3) is 3.64. The number of halogens is 1. The number of benzene rings is 1. The molecule has 3 heteroatoms. The van der Waals surface area contributed by atoms with E-state index < -0.39 is 0 Å². The highest BCUT2D eigenvalue weighted by Gasteiger charge is 2.13. The molecule has 1 N–H and O–H groups in total. The number of aryl methyl sites for hydroxylation is 1. The molecule has 0 aliphatic rings. The number of hydrogen-bond donors (Lipinski definition) is 1. The summed E-state index contributed by atoms with van der Waals surface area (Å²) in [5.41, 5.74) is 0.985. The first-order chi connectivity index (χ1) is 9.10. The molecule has 1 aromatic carbocycles. The molecule has 0 saturated heterocycles. The summed E-state index contributed by atoms with van der Waals surface area (Å²) >= 11 is 1.84. The molecule has 0 radical (unpaired) electrons. The standard InChI is InChI=1S/C16H20FNS/c1-4-15-8-9-16(19-15)12(3)18-11(2)13-6-5-7-14(17)10-13/h5-12,18H,4H2,1-3H3/t11-,12?/m1/s1. The maximum atomic E-state index is 13.2. The molecule has 0 bridgehead atoms. The van der Waals surface area contributed by atoms with Crippen molar-refractivity contribution in [3.8, 4) is 0 Å². The largest absolute Gasteiger partial charge is 0.303 e. The zero-order valence-electron chi connectivity index (χ0n) is 11.6. The van der Waals surface area contributed by atoms with Crippen LogP contribution in [0.25, 0.3) is 0 Å². The van der Waals surface area contributed by atoms with E-state index in [1.807, 2.05) is 17.4 Å². The molecule has 0 amide bonds. The fourth-order valence-corrected chi connectivity index (χ4v) is 3.11. The van der Waals surface area contributed by atoms with Crippen molar-refractivity contribution in [2.45, 2.75) is 39.3 Å². The van der Waals surface area contributed by atoms with Gasteiger partial charge in [-0.25, -0.2) is 4.39 Å². The summed E-state index contributed by atoms with van der Waals surface area (Å²) in [6.07, 6.45) is 1.08. The van der Waals surface area contributed by atoms with Crippen molar-refractivity contribution in [2.75, 3.05) is 0 Å². The van der Waals surface area contributed by atoms with Crippen molar-refractivity contribution in [1.82, 2.24) is 5.32 Å². The SMILES string of the molecule is CCc1ccc(C(C)N[C@H](C)c2cccc(F)c2)s1. The molecule has 0 aliphatic heterocycles. The van der Waals surface area contributed by atoms with E-state index in [1.54, 1.807) is 12.1 Å². The van der Waals surface area contributed by atoms with Crippen LogP contribution in [-0.2, 0) is 6.42 Å². The van der Waals surface area contributed by atoms with Crippen LogP contribution in [0.3, 0.4) is 0 Å². The summed E-state index contributed by atoms with van der Waals surface area (Å²) < 4.78 is 13.2. The first-order valence-electron chi connectivity index (χ1n) is 6.70. The van der Waals surface area contributed by atoms with Crippen LogP contribution < -0.4 is 5.32 Å². The lowest BCUT2D eigenvalue weighted by molar-refractivity contribution is 0.497. The maximum absolute atomic E-state index is 13.2. The quantitative estimate of drug-likeness (QED) is 0.823. The van der Waals surface area contributed by atoms with Gasteiger partial charge >= 0.3 is 0 Å². The molecule has 2 aromatic rings. The predicted molar refractivity (Wildman–Crippen MR) is 80.1 cm³/mol. The Morgan fingerprint density at radius 3 is 2.58 bits per heavy atom. The third-order valence-corrected chi connectivity index (χ3v) is 4.72. The second-order valence-electron chi connectivity index (χ2n) is 4.82. The second-order valence-corrected chi connectivity index (χ2v) is 6.02. The van der Waals surface area contributed by atoms with Gasteiger partial charge < -0.3 is 5.32 Å². The fourth-order valence-electron chi connectivity index (χ4n) is 2.15. The van der Waals surface area contributed by atoms with E-state index in [2.05, 4.69) is 38.2 Å². The maximum Gasteiger partial charge on any atom is 0.123 e. The van der Waals surface area contributed by atoms with Crippen LogP contribution in [0.1, 0.15) is 48.2 Å². The Morgan fingerprint density at radius 1 is 1.16 bits per heavy atom. The van der Waals surface area contributed by atoms with Crippen molar-refractivity contribution in [2.24, 2.45) is 0 Å². The number of rotatable bonds is 5. The van der Waals surface area contributed by atoms with Gasteiger partial charge in [0.1, 0.15) is 5.82 Å². The third-order valence-electron chi connectivity index (χ3n) is 3.31. The zero-order chi connectivity index (χ0) is 13.8. The van der Waals surface area contributed by atoms with E-state index in [0.717, 1.165) is 12.0 Å². The molecule has 0 spiro atoms. The van der Waals surface area contributed by atoms with E-state index in [1.165, 1.54) is 15.8 Å². The number of nitrogens with one attached hydrogen (secondary N) is 1. The highest BCUT2D eigenvalue weighted by atomic mass is 32.1. The van der Waals surface area contributed by atoms with Gasteiger partial charge in [-0.2, -0.15) is 0 Å². The predicted octanol–water partition coefficient (Wildman–Crippen LogP) is 4.86. The molecule has 1 aromatic heterocycles. The Morgan fingerprint density at radius 2 is 1.95 bits per heavy atom. The number of thiophene rings is 1. The van der Waals surface area contributed by atoms with Crippen molar-refractivity contribution in [1.29, 1.82) is 0 Å². The summed E-state index contributed by atoms with van der Waals surface area (Å²) in [4.78, 5) is 2.74. The second kappa shape index (κ2) is 6.31. The van der Waals surface area contributed by atoms with Crippen LogP contribution in [0, 0.1) is 5.82 Å². The minimum Gasteiger partial charge on any atom is -0.303 e. The average Bonchev–Trinajstić information content (AvgIpc) is 2.87. The molecule has 1 nitrogen and oxygen atoms in total. The molecule has 102 valence electrons. The fraction of sp³-hybridized carbons (Fsp3) is 0.375. The van der Waals surface area contributed by atoms with Crippen molar-refractivity contribution >= 4 is 11.3 Å². The Labute approximate surface area is 118 Å². The normalized spacial score (nSPS) is 14.3. The first kappa shape index (κ1) is 14.2. The molecule has 0 saturated carbocycles. The monoisotopic (exact) mass is 277 g/mol. The van der Waals surface area contributed by atoms with E-state index in [9.17, 15) is 4.39 Å². The average molecular weight is 277 g/mol. The van der Waals surface area contributed by atoms with Crippen LogP contribution in [0.2, 0.25) is 0 Å². The Hall–Kier alpha value is -1.19. The van der Waals surface area contributed by atoms with Gasteiger partial charge in [0.2, 0.25) is 0 Å². The van der Waals surface area contributed by atoms with Crippen LogP contribution in [0.5, 0.6) is 0 Å². The van der Waals surface area contributed by atoms with Crippen molar-refractivity contribution in [3.05, 3.63) is 57.5 Å². The van der Waals surface area contributed by atoms with Gasteiger partial charge in [0.25, 0.3) is 0 Å². The topological polar surface area (TPSA) is 12.0 Å². The van der Waals surface area contributed by atoms with Gasteiger partial charge in [0.05, 0.1) is 0 Å². The lowest BCUT2D eigenvalue weighted by atomic mass is 10.1. The van der Waals surface area contributed by atoms with Crippen molar-refractivity contribution < 1.29 is 4.39 Å². The van der Waals surface area contributed by atoms with Gasteiger partial charge in [-0.1, -0.05) is 19.1 Å². The Balaban J connectivity index is 2.03. The molecule has 19 heavy (non-hydrogen) atoms.